The van der Waals surface area contributed by atoms with E-state index in [-0.39, 0.29) is 11.8 Å². The largest absolute Gasteiger partial charge is 0.280 e. The van der Waals surface area contributed by atoms with E-state index in [4.69, 9.17) is 23.2 Å². The van der Waals surface area contributed by atoms with E-state index in [0.29, 0.717) is 0 Å². The topological polar surface area (TPSA) is 34.1 Å². The van der Waals surface area contributed by atoms with Crippen LogP contribution < -0.4 is 0 Å². The fourth-order valence-electron chi connectivity index (χ4n) is 3.27. The zero-order valence-electron chi connectivity index (χ0n) is 13.5. The third-order valence-corrected chi connectivity index (χ3v) is 4.76. The molecule has 0 radical (unpaired) electrons. The minimum absolute atomic E-state index is 0.0194. The summed E-state index contributed by atoms with van der Waals surface area (Å²) in [4.78, 5) is 24.0. The lowest BCUT2D eigenvalue weighted by atomic mass is 9.73. The third-order valence-electron chi connectivity index (χ3n) is 4.29. The van der Waals surface area contributed by atoms with Crippen LogP contribution in [0.1, 0.15) is 42.7 Å². The second-order valence-electron chi connectivity index (χ2n) is 5.83. The Morgan fingerprint density at radius 1 is 0.833 bits per heavy atom. The van der Waals surface area contributed by atoms with Crippen molar-refractivity contribution in [2.45, 2.75) is 31.6 Å². The van der Waals surface area contributed by atoms with E-state index in [1.165, 1.54) is 0 Å². The first-order valence-electron chi connectivity index (χ1n) is 8.04. The zero-order valence-corrected chi connectivity index (χ0v) is 15.0. The fraction of sp³-hybridized carbons (Fsp3) is 0.300. The third kappa shape index (κ3) is 4.46. The molecule has 0 fully saturated rings. The summed E-state index contributed by atoms with van der Waals surface area (Å²) in [6.45, 7) is 2.08. The lowest BCUT2D eigenvalue weighted by molar-refractivity contribution is -0.125. The van der Waals surface area contributed by atoms with E-state index < -0.39 is 16.4 Å². The Labute approximate surface area is 152 Å². The van der Waals surface area contributed by atoms with Crippen molar-refractivity contribution in [2.75, 3.05) is 0 Å². The number of carbonyl (C=O) groups is 2. The van der Waals surface area contributed by atoms with Crippen LogP contribution in [-0.4, -0.2) is 10.5 Å². The van der Waals surface area contributed by atoms with Gasteiger partial charge >= 0.3 is 0 Å². The van der Waals surface area contributed by atoms with Gasteiger partial charge in [-0.1, -0.05) is 74.0 Å². The van der Waals surface area contributed by atoms with Crippen molar-refractivity contribution >= 4 is 33.7 Å². The van der Waals surface area contributed by atoms with Crippen molar-refractivity contribution < 1.29 is 9.59 Å². The highest BCUT2D eigenvalue weighted by Gasteiger charge is 2.39. The average Bonchev–Trinajstić information content (AvgIpc) is 2.58. The molecule has 0 N–H and O–H groups in total. The molecule has 2 nitrogen and oxygen atoms in total. The van der Waals surface area contributed by atoms with E-state index in [1.54, 1.807) is 0 Å². The van der Waals surface area contributed by atoms with Crippen molar-refractivity contribution in [1.29, 1.82) is 0 Å². The van der Waals surface area contributed by atoms with Gasteiger partial charge in [-0.2, -0.15) is 0 Å². The average molecular weight is 363 g/mol. The van der Waals surface area contributed by atoms with Crippen molar-refractivity contribution in [3.05, 3.63) is 71.8 Å². The monoisotopic (exact) mass is 362 g/mol. The second kappa shape index (κ2) is 9.00. The molecule has 0 saturated carbocycles. The summed E-state index contributed by atoms with van der Waals surface area (Å²) in [5.74, 6) is -1.47. The normalized spacial score (nSPS) is 13.5. The van der Waals surface area contributed by atoms with Gasteiger partial charge in [0, 0.05) is 5.92 Å². The summed E-state index contributed by atoms with van der Waals surface area (Å²) in [7, 11) is 0. The molecular formula is C20H20Cl2O2. The molecule has 2 aromatic carbocycles. The Kier molecular flexibility index (Phi) is 7.01. The SMILES string of the molecule is CCCC(c1ccccc1)C(c1ccccc1)C(C(=O)Cl)C(=O)Cl. The number of carbonyl (C=O) groups excluding carboxylic acids is 2. The number of benzene rings is 2. The summed E-state index contributed by atoms with van der Waals surface area (Å²) in [5.41, 5.74) is 1.97. The fourth-order valence-corrected chi connectivity index (χ4v) is 3.79. The highest BCUT2D eigenvalue weighted by molar-refractivity contribution is 6.73. The number of rotatable bonds is 8. The Morgan fingerprint density at radius 2 is 1.29 bits per heavy atom. The highest BCUT2D eigenvalue weighted by Crippen LogP contribution is 2.43. The molecule has 2 unspecified atom stereocenters. The van der Waals surface area contributed by atoms with Crippen LogP contribution in [0.15, 0.2) is 60.7 Å². The summed E-state index contributed by atoms with van der Waals surface area (Å²) >= 11 is 11.5. The van der Waals surface area contributed by atoms with Crippen molar-refractivity contribution in [3.63, 3.8) is 0 Å². The van der Waals surface area contributed by atoms with Crippen molar-refractivity contribution in [3.8, 4) is 0 Å². The first-order valence-corrected chi connectivity index (χ1v) is 8.80. The Balaban J connectivity index is 2.58. The maximum atomic E-state index is 12.0. The summed E-state index contributed by atoms with van der Waals surface area (Å²) in [6, 6.07) is 19.4. The van der Waals surface area contributed by atoms with Crippen molar-refractivity contribution in [1.82, 2.24) is 0 Å². The van der Waals surface area contributed by atoms with Gasteiger partial charge in [0.15, 0.2) is 0 Å². The zero-order chi connectivity index (χ0) is 17.5. The van der Waals surface area contributed by atoms with Crippen LogP contribution in [0.5, 0.6) is 0 Å². The maximum absolute atomic E-state index is 12.0. The van der Waals surface area contributed by atoms with Gasteiger partial charge in [-0.3, -0.25) is 9.59 Å². The first-order chi connectivity index (χ1) is 11.6. The van der Waals surface area contributed by atoms with Crippen LogP contribution in [0, 0.1) is 5.92 Å². The smallest absolute Gasteiger partial charge is 0.234 e. The molecule has 0 saturated heterocycles. The van der Waals surface area contributed by atoms with Crippen LogP contribution in [0.2, 0.25) is 0 Å². The molecule has 2 atom stereocenters. The molecule has 0 heterocycles. The molecule has 0 spiro atoms. The van der Waals surface area contributed by atoms with Gasteiger partial charge in [-0.05, 0) is 46.7 Å². The van der Waals surface area contributed by atoms with E-state index in [9.17, 15) is 9.59 Å². The van der Waals surface area contributed by atoms with Gasteiger partial charge < -0.3 is 0 Å². The maximum Gasteiger partial charge on any atom is 0.234 e. The van der Waals surface area contributed by atoms with Gasteiger partial charge in [0.2, 0.25) is 10.5 Å². The highest BCUT2D eigenvalue weighted by atomic mass is 35.5. The van der Waals surface area contributed by atoms with Gasteiger partial charge in [-0.25, -0.2) is 0 Å². The number of hydrogen-bond acceptors (Lipinski definition) is 2. The Morgan fingerprint density at radius 3 is 1.71 bits per heavy atom. The van der Waals surface area contributed by atoms with E-state index in [2.05, 4.69) is 6.92 Å². The van der Waals surface area contributed by atoms with E-state index in [0.717, 1.165) is 24.0 Å². The second-order valence-corrected chi connectivity index (χ2v) is 6.57. The Bertz CT molecular complexity index is 657. The lowest BCUT2D eigenvalue weighted by Gasteiger charge is -2.31. The Hall–Kier alpha value is -1.64. The first kappa shape index (κ1) is 18.7. The summed E-state index contributed by atoms with van der Waals surface area (Å²) in [5, 5.41) is -1.42. The van der Waals surface area contributed by atoms with Crippen LogP contribution in [-0.2, 0) is 9.59 Å². The van der Waals surface area contributed by atoms with Gasteiger partial charge in [-0.15, -0.1) is 0 Å². The van der Waals surface area contributed by atoms with Crippen LogP contribution >= 0.6 is 23.2 Å². The van der Waals surface area contributed by atoms with E-state index in [1.807, 2.05) is 60.7 Å². The predicted octanol–water partition coefficient (Wildman–Crippen LogP) is 5.50. The summed E-state index contributed by atoms with van der Waals surface area (Å²) < 4.78 is 0. The minimum Gasteiger partial charge on any atom is -0.280 e. The molecule has 0 amide bonds. The quantitative estimate of drug-likeness (QED) is 0.458. The molecule has 2 aromatic rings. The molecule has 126 valence electrons. The van der Waals surface area contributed by atoms with Crippen LogP contribution in [0.4, 0.5) is 0 Å². The molecule has 24 heavy (non-hydrogen) atoms. The van der Waals surface area contributed by atoms with Gasteiger partial charge in [0.05, 0.1) is 0 Å². The number of halogens is 2. The van der Waals surface area contributed by atoms with Gasteiger partial charge in [0.25, 0.3) is 0 Å². The lowest BCUT2D eigenvalue weighted by Crippen LogP contribution is -2.29. The van der Waals surface area contributed by atoms with Crippen LogP contribution in [0.3, 0.4) is 0 Å². The summed E-state index contributed by atoms with van der Waals surface area (Å²) in [6.07, 6.45) is 1.75. The number of hydrogen-bond donors (Lipinski definition) is 0. The minimum atomic E-state index is -1.06. The molecule has 0 aliphatic heterocycles. The van der Waals surface area contributed by atoms with Crippen LogP contribution in [0.25, 0.3) is 0 Å². The van der Waals surface area contributed by atoms with E-state index >= 15 is 0 Å². The van der Waals surface area contributed by atoms with Gasteiger partial charge in [0.1, 0.15) is 5.92 Å². The molecule has 0 aliphatic carbocycles. The standard InChI is InChI=1S/C20H20Cl2O2/c1-2-9-16(14-10-5-3-6-11-14)17(15-12-7-4-8-13-15)18(19(21)23)20(22)24/h3-8,10-13,16-18H,2,9H2,1H3. The van der Waals surface area contributed by atoms with Crippen molar-refractivity contribution in [2.24, 2.45) is 5.92 Å². The molecule has 0 bridgehead atoms. The molecule has 0 aromatic heterocycles. The molecular weight excluding hydrogens is 343 g/mol. The molecule has 4 heteroatoms. The predicted molar refractivity (Wildman–Crippen MR) is 98.5 cm³/mol. The molecule has 2 rings (SSSR count). The molecule has 0 aliphatic rings.